The van der Waals surface area contributed by atoms with Gasteiger partial charge < -0.3 is 4.98 Å². The van der Waals surface area contributed by atoms with Gasteiger partial charge in [-0.25, -0.2) is 0 Å². The van der Waals surface area contributed by atoms with Crippen LogP contribution in [-0.2, 0) is 6.42 Å². The van der Waals surface area contributed by atoms with Crippen molar-refractivity contribution in [1.82, 2.24) is 4.98 Å². The Hall–Kier alpha value is -1.24. The zero-order valence-corrected chi connectivity index (χ0v) is 8.43. The largest absolute Gasteiger partial charge is 0.361 e. The fourth-order valence-corrected chi connectivity index (χ4v) is 1.50. The van der Waals surface area contributed by atoms with Crippen LogP contribution < -0.4 is 0 Å². The molecule has 0 aliphatic carbocycles. The third kappa shape index (κ3) is 2.11. The maximum absolute atomic E-state index is 3.78. The monoisotopic (exact) mass is 175 g/mol. The van der Waals surface area contributed by atoms with Gasteiger partial charge in [0.1, 0.15) is 0 Å². The molecule has 1 aromatic heterocycles. The summed E-state index contributed by atoms with van der Waals surface area (Å²) >= 11 is 0. The van der Waals surface area contributed by atoms with Gasteiger partial charge in [0.15, 0.2) is 0 Å². The summed E-state index contributed by atoms with van der Waals surface area (Å²) in [6, 6.07) is 0. The van der Waals surface area contributed by atoms with Crippen LogP contribution in [0.25, 0.3) is 12.2 Å². The van der Waals surface area contributed by atoms with Gasteiger partial charge >= 0.3 is 0 Å². The molecule has 0 radical (unpaired) electrons. The van der Waals surface area contributed by atoms with Gasteiger partial charge in [-0.2, -0.15) is 0 Å². The van der Waals surface area contributed by atoms with Crippen molar-refractivity contribution in [3.63, 3.8) is 0 Å². The average Bonchev–Trinajstić information content (AvgIpc) is 2.50. The lowest BCUT2D eigenvalue weighted by Gasteiger charge is -1.97. The van der Waals surface area contributed by atoms with Crippen LogP contribution in [0.2, 0.25) is 0 Å². The molecule has 1 N–H and O–H groups in total. The fourth-order valence-electron chi connectivity index (χ4n) is 1.50. The number of aromatic nitrogens is 1. The molecule has 1 rings (SSSR count). The molecule has 0 atom stereocenters. The van der Waals surface area contributed by atoms with E-state index < -0.39 is 0 Å². The van der Waals surface area contributed by atoms with E-state index >= 15 is 0 Å². The van der Waals surface area contributed by atoms with E-state index in [9.17, 15) is 0 Å². The molecule has 1 heterocycles. The predicted octanol–water partition coefficient (Wildman–Crippen LogP) is 3.64. The Morgan fingerprint density at radius 2 is 2.31 bits per heavy atom. The third-order valence-corrected chi connectivity index (χ3v) is 2.09. The van der Waals surface area contributed by atoms with Gasteiger partial charge in [0, 0.05) is 17.5 Å². The Kier molecular flexibility index (Phi) is 3.56. The van der Waals surface area contributed by atoms with E-state index in [0.717, 1.165) is 12.1 Å². The molecule has 0 fully saturated rings. The molecule has 1 aromatic rings. The second-order valence-electron chi connectivity index (χ2n) is 3.10. The molecule has 70 valence electrons. The summed E-state index contributed by atoms with van der Waals surface area (Å²) < 4.78 is 0. The summed E-state index contributed by atoms with van der Waals surface area (Å²) in [5, 5.41) is 0. The van der Waals surface area contributed by atoms with Crippen LogP contribution in [0.3, 0.4) is 0 Å². The quantitative estimate of drug-likeness (QED) is 0.719. The first kappa shape index (κ1) is 9.85. The van der Waals surface area contributed by atoms with Crippen LogP contribution in [0.4, 0.5) is 0 Å². The highest BCUT2D eigenvalue weighted by Crippen LogP contribution is 2.18. The standard InChI is InChI=1S/C12H17N/c1-4-7-10-9-13-12(6-3)11(10)8-5-2/h5-6,8-9,13H,3-4,7H2,1-2H3/b8-5-. The summed E-state index contributed by atoms with van der Waals surface area (Å²) in [5.74, 6) is 0. The first-order chi connectivity index (χ1) is 6.33. The number of hydrogen-bond acceptors (Lipinski definition) is 0. The number of rotatable bonds is 4. The second kappa shape index (κ2) is 4.70. The van der Waals surface area contributed by atoms with Crippen LogP contribution in [-0.4, -0.2) is 4.98 Å². The van der Waals surface area contributed by atoms with Crippen LogP contribution >= 0.6 is 0 Å². The Balaban J connectivity index is 3.05. The molecule has 13 heavy (non-hydrogen) atoms. The number of aryl methyl sites for hydroxylation is 1. The maximum atomic E-state index is 3.78. The van der Waals surface area contributed by atoms with Crippen molar-refractivity contribution in [2.24, 2.45) is 0 Å². The number of H-pyrrole nitrogens is 1. The minimum atomic E-state index is 1.13. The Morgan fingerprint density at radius 1 is 1.54 bits per heavy atom. The Morgan fingerprint density at radius 3 is 2.85 bits per heavy atom. The van der Waals surface area contributed by atoms with Crippen molar-refractivity contribution >= 4 is 12.2 Å². The van der Waals surface area contributed by atoms with E-state index in [2.05, 4.69) is 36.8 Å². The molecule has 0 bridgehead atoms. The Bertz CT molecular complexity index is 305. The van der Waals surface area contributed by atoms with Gasteiger partial charge in [-0.05, 0) is 25.0 Å². The van der Waals surface area contributed by atoms with Gasteiger partial charge in [-0.3, -0.25) is 0 Å². The van der Waals surface area contributed by atoms with E-state index in [1.807, 2.05) is 13.0 Å². The average molecular weight is 175 g/mol. The van der Waals surface area contributed by atoms with Crippen molar-refractivity contribution in [2.45, 2.75) is 26.7 Å². The van der Waals surface area contributed by atoms with E-state index in [4.69, 9.17) is 0 Å². The van der Waals surface area contributed by atoms with Crippen molar-refractivity contribution < 1.29 is 0 Å². The highest BCUT2D eigenvalue weighted by atomic mass is 14.7. The first-order valence-corrected chi connectivity index (χ1v) is 4.78. The number of allylic oxidation sites excluding steroid dienone is 1. The smallest absolute Gasteiger partial charge is 0.0450 e. The molecular weight excluding hydrogens is 158 g/mol. The lowest BCUT2D eigenvalue weighted by Crippen LogP contribution is -1.83. The van der Waals surface area contributed by atoms with Gasteiger partial charge in [0.25, 0.3) is 0 Å². The number of aromatic amines is 1. The van der Waals surface area contributed by atoms with Crippen LogP contribution in [0.5, 0.6) is 0 Å². The highest BCUT2D eigenvalue weighted by molar-refractivity contribution is 5.65. The van der Waals surface area contributed by atoms with Crippen LogP contribution in [0.15, 0.2) is 18.9 Å². The van der Waals surface area contributed by atoms with Crippen molar-refractivity contribution in [1.29, 1.82) is 0 Å². The molecule has 0 unspecified atom stereocenters. The maximum Gasteiger partial charge on any atom is 0.0450 e. The van der Waals surface area contributed by atoms with E-state index in [1.165, 1.54) is 17.5 Å². The molecule has 0 aromatic carbocycles. The van der Waals surface area contributed by atoms with E-state index in [0.29, 0.717) is 0 Å². The minimum absolute atomic E-state index is 1.13. The molecule has 0 spiro atoms. The number of nitrogens with one attached hydrogen (secondary N) is 1. The summed E-state index contributed by atoms with van der Waals surface area (Å²) in [7, 11) is 0. The molecule has 0 saturated carbocycles. The molecule has 0 saturated heterocycles. The molecule has 1 nitrogen and oxygen atoms in total. The number of hydrogen-bond donors (Lipinski definition) is 1. The Labute approximate surface area is 80.2 Å². The van der Waals surface area contributed by atoms with Gasteiger partial charge in [0.05, 0.1) is 0 Å². The molecule has 0 aliphatic heterocycles. The van der Waals surface area contributed by atoms with Crippen LogP contribution in [0, 0.1) is 0 Å². The van der Waals surface area contributed by atoms with Crippen molar-refractivity contribution in [3.05, 3.63) is 35.7 Å². The van der Waals surface area contributed by atoms with Crippen LogP contribution in [0.1, 0.15) is 37.1 Å². The summed E-state index contributed by atoms with van der Waals surface area (Å²) in [6.07, 6.45) is 10.5. The minimum Gasteiger partial charge on any atom is -0.361 e. The fraction of sp³-hybridized carbons (Fsp3) is 0.333. The van der Waals surface area contributed by atoms with E-state index in [-0.39, 0.29) is 0 Å². The van der Waals surface area contributed by atoms with Crippen molar-refractivity contribution in [3.8, 4) is 0 Å². The molecule has 0 amide bonds. The topological polar surface area (TPSA) is 15.8 Å². The second-order valence-corrected chi connectivity index (χ2v) is 3.10. The highest BCUT2D eigenvalue weighted by Gasteiger charge is 2.04. The molecule has 0 aliphatic rings. The van der Waals surface area contributed by atoms with Gasteiger partial charge in [-0.15, -0.1) is 0 Å². The lowest BCUT2D eigenvalue weighted by atomic mass is 10.1. The first-order valence-electron chi connectivity index (χ1n) is 4.78. The zero-order chi connectivity index (χ0) is 9.68. The third-order valence-electron chi connectivity index (χ3n) is 2.09. The molecule has 1 heteroatoms. The summed E-state index contributed by atoms with van der Waals surface area (Å²) in [5.41, 5.74) is 3.80. The molecular formula is C12H17N. The van der Waals surface area contributed by atoms with Gasteiger partial charge in [0.2, 0.25) is 0 Å². The lowest BCUT2D eigenvalue weighted by molar-refractivity contribution is 0.921. The summed E-state index contributed by atoms with van der Waals surface area (Å²) in [4.78, 5) is 3.22. The predicted molar refractivity (Wildman–Crippen MR) is 59.6 cm³/mol. The SMILES string of the molecule is C=Cc1[nH]cc(CCC)c1/C=C\C. The normalized spacial score (nSPS) is 10.9. The van der Waals surface area contributed by atoms with Crippen molar-refractivity contribution in [2.75, 3.05) is 0 Å². The zero-order valence-electron chi connectivity index (χ0n) is 8.43. The van der Waals surface area contributed by atoms with E-state index in [1.54, 1.807) is 0 Å². The summed E-state index contributed by atoms with van der Waals surface area (Å²) in [6.45, 7) is 8.01. The van der Waals surface area contributed by atoms with Gasteiger partial charge in [-0.1, -0.05) is 32.1 Å².